The molecule has 0 saturated carbocycles. The first-order valence-electron chi connectivity index (χ1n) is 6.40. The largest absolute Gasteiger partial charge is 0.433 e. The molecule has 0 saturated heterocycles. The van der Waals surface area contributed by atoms with Gasteiger partial charge in [0.15, 0.2) is 0 Å². The standard InChI is InChI=1S/C14H15N3O4/c1-3-16(11-6-4-10(2)5-7-11)15-14(18)12-8-9-13(21-12)17(19)20/h4-9H,3H2,1-2H3,(H,15,18). The molecule has 0 spiro atoms. The van der Waals surface area contributed by atoms with Gasteiger partial charge < -0.3 is 4.42 Å². The van der Waals surface area contributed by atoms with Gasteiger partial charge >= 0.3 is 11.8 Å². The maximum Gasteiger partial charge on any atom is 0.433 e. The summed E-state index contributed by atoms with van der Waals surface area (Å²) in [5, 5.41) is 12.2. The molecular weight excluding hydrogens is 274 g/mol. The lowest BCUT2D eigenvalue weighted by molar-refractivity contribution is -0.402. The molecule has 0 bridgehead atoms. The van der Waals surface area contributed by atoms with E-state index in [0.717, 1.165) is 17.3 Å². The van der Waals surface area contributed by atoms with Gasteiger partial charge in [-0.25, -0.2) is 0 Å². The van der Waals surface area contributed by atoms with Gasteiger partial charge in [-0.1, -0.05) is 17.7 Å². The number of hydrazine groups is 1. The maximum absolute atomic E-state index is 12.0. The smallest absolute Gasteiger partial charge is 0.395 e. The van der Waals surface area contributed by atoms with Crippen molar-refractivity contribution in [2.75, 3.05) is 11.6 Å². The third-order valence-electron chi connectivity index (χ3n) is 2.89. The van der Waals surface area contributed by atoms with Gasteiger partial charge in [-0.3, -0.25) is 25.3 Å². The number of carbonyl (C=O) groups excluding carboxylic acids is 1. The van der Waals surface area contributed by atoms with Crippen molar-refractivity contribution in [2.45, 2.75) is 13.8 Å². The van der Waals surface area contributed by atoms with Crippen LogP contribution in [-0.4, -0.2) is 17.4 Å². The van der Waals surface area contributed by atoms with Gasteiger partial charge in [-0.05, 0) is 32.0 Å². The number of aryl methyl sites for hydroxylation is 1. The Morgan fingerprint density at radius 1 is 1.29 bits per heavy atom. The summed E-state index contributed by atoms with van der Waals surface area (Å²) in [5.41, 5.74) is 4.58. The predicted molar refractivity (Wildman–Crippen MR) is 77.0 cm³/mol. The van der Waals surface area contributed by atoms with Crippen molar-refractivity contribution in [1.82, 2.24) is 5.43 Å². The Hall–Kier alpha value is -2.83. The van der Waals surface area contributed by atoms with Crippen molar-refractivity contribution in [3.8, 4) is 0 Å². The zero-order valence-corrected chi connectivity index (χ0v) is 11.7. The Morgan fingerprint density at radius 2 is 1.95 bits per heavy atom. The summed E-state index contributed by atoms with van der Waals surface area (Å²) in [6, 6.07) is 10.0. The van der Waals surface area contributed by atoms with Crippen LogP contribution in [0, 0.1) is 17.0 Å². The number of carbonyl (C=O) groups is 1. The highest BCUT2D eigenvalue weighted by molar-refractivity contribution is 5.92. The number of rotatable bonds is 5. The molecule has 0 aliphatic heterocycles. The van der Waals surface area contributed by atoms with Gasteiger partial charge in [-0.15, -0.1) is 0 Å². The van der Waals surface area contributed by atoms with Crippen LogP contribution in [-0.2, 0) is 0 Å². The first-order chi connectivity index (χ1) is 10.0. The topological polar surface area (TPSA) is 88.6 Å². The van der Waals surface area contributed by atoms with Crippen molar-refractivity contribution < 1.29 is 14.1 Å². The van der Waals surface area contributed by atoms with Crippen LogP contribution in [0.15, 0.2) is 40.8 Å². The lowest BCUT2D eigenvalue weighted by Gasteiger charge is -2.23. The molecule has 0 fully saturated rings. The van der Waals surface area contributed by atoms with Crippen molar-refractivity contribution in [3.63, 3.8) is 0 Å². The van der Waals surface area contributed by atoms with Crippen LogP contribution in [0.25, 0.3) is 0 Å². The number of nitrogens with zero attached hydrogens (tertiary/aromatic N) is 2. The molecule has 0 unspecified atom stereocenters. The summed E-state index contributed by atoms with van der Waals surface area (Å²) in [5.74, 6) is -1.10. The Bertz CT molecular complexity index is 648. The van der Waals surface area contributed by atoms with Crippen molar-refractivity contribution in [1.29, 1.82) is 0 Å². The fraction of sp³-hybridized carbons (Fsp3) is 0.214. The molecule has 2 rings (SSSR count). The van der Waals surface area contributed by atoms with Gasteiger partial charge in [0.2, 0.25) is 5.76 Å². The highest BCUT2D eigenvalue weighted by atomic mass is 16.6. The number of hydrogen-bond acceptors (Lipinski definition) is 5. The number of benzene rings is 1. The average Bonchev–Trinajstić information content (AvgIpc) is 2.96. The van der Waals surface area contributed by atoms with E-state index in [1.807, 2.05) is 38.1 Å². The summed E-state index contributed by atoms with van der Waals surface area (Å²) in [6.45, 7) is 4.39. The zero-order valence-electron chi connectivity index (χ0n) is 11.7. The maximum atomic E-state index is 12.0. The van der Waals surface area contributed by atoms with Gasteiger partial charge in [0, 0.05) is 6.54 Å². The minimum absolute atomic E-state index is 0.104. The van der Waals surface area contributed by atoms with Crippen LogP contribution < -0.4 is 10.4 Å². The number of hydrogen-bond donors (Lipinski definition) is 1. The summed E-state index contributed by atoms with van der Waals surface area (Å²) >= 11 is 0. The molecule has 1 heterocycles. The molecule has 110 valence electrons. The van der Waals surface area contributed by atoms with Crippen molar-refractivity contribution >= 4 is 17.5 Å². The van der Waals surface area contributed by atoms with Crippen molar-refractivity contribution in [2.24, 2.45) is 0 Å². The quantitative estimate of drug-likeness (QED) is 0.675. The molecule has 0 aliphatic carbocycles. The Balaban J connectivity index is 2.12. The minimum Gasteiger partial charge on any atom is -0.395 e. The summed E-state index contributed by atoms with van der Waals surface area (Å²) in [4.78, 5) is 21.9. The number of furan rings is 1. The van der Waals surface area contributed by atoms with Gasteiger partial charge in [-0.2, -0.15) is 0 Å². The molecule has 0 radical (unpaired) electrons. The van der Waals surface area contributed by atoms with Crippen LogP contribution in [0.4, 0.5) is 11.6 Å². The Morgan fingerprint density at radius 3 is 2.48 bits per heavy atom. The third kappa shape index (κ3) is 3.38. The summed E-state index contributed by atoms with van der Waals surface area (Å²) < 4.78 is 4.87. The van der Waals surface area contributed by atoms with E-state index in [1.165, 1.54) is 6.07 Å². The summed E-state index contributed by atoms with van der Waals surface area (Å²) in [7, 11) is 0. The van der Waals surface area contributed by atoms with E-state index < -0.39 is 16.7 Å². The molecule has 0 atom stereocenters. The zero-order chi connectivity index (χ0) is 15.4. The Labute approximate surface area is 121 Å². The fourth-order valence-corrected chi connectivity index (χ4v) is 1.78. The number of nitro groups is 1. The molecule has 21 heavy (non-hydrogen) atoms. The predicted octanol–water partition coefficient (Wildman–Crippen LogP) is 2.67. The first kappa shape index (κ1) is 14.6. The van der Waals surface area contributed by atoms with Crippen LogP contribution >= 0.6 is 0 Å². The molecular formula is C14H15N3O4. The molecule has 7 nitrogen and oxygen atoms in total. The molecule has 1 N–H and O–H groups in total. The van der Waals surface area contributed by atoms with Crippen LogP contribution in [0.3, 0.4) is 0 Å². The average molecular weight is 289 g/mol. The van der Waals surface area contributed by atoms with Gasteiger partial charge in [0.05, 0.1) is 11.8 Å². The third-order valence-corrected chi connectivity index (χ3v) is 2.89. The molecule has 1 aromatic heterocycles. The minimum atomic E-state index is -0.686. The van der Waals surface area contributed by atoms with E-state index >= 15 is 0 Å². The highest BCUT2D eigenvalue weighted by Crippen LogP contribution is 2.17. The van der Waals surface area contributed by atoms with Crippen molar-refractivity contribution in [3.05, 3.63) is 57.8 Å². The van der Waals surface area contributed by atoms with E-state index in [-0.39, 0.29) is 5.76 Å². The lowest BCUT2D eigenvalue weighted by Crippen LogP contribution is -2.42. The van der Waals surface area contributed by atoms with E-state index in [2.05, 4.69) is 5.43 Å². The van der Waals surface area contributed by atoms with E-state index in [9.17, 15) is 14.9 Å². The lowest BCUT2D eigenvalue weighted by atomic mass is 10.2. The molecule has 2 aromatic rings. The number of amides is 1. The number of nitrogens with one attached hydrogen (secondary N) is 1. The van der Waals surface area contributed by atoms with Crippen LogP contribution in [0.2, 0.25) is 0 Å². The van der Waals surface area contributed by atoms with Gasteiger partial charge in [0.1, 0.15) is 4.92 Å². The van der Waals surface area contributed by atoms with Crippen LogP contribution in [0.5, 0.6) is 0 Å². The van der Waals surface area contributed by atoms with E-state index in [4.69, 9.17) is 4.42 Å². The molecule has 1 amide bonds. The van der Waals surface area contributed by atoms with E-state index in [0.29, 0.717) is 6.54 Å². The second-order valence-corrected chi connectivity index (χ2v) is 4.42. The second kappa shape index (κ2) is 6.08. The van der Waals surface area contributed by atoms with Crippen LogP contribution in [0.1, 0.15) is 23.0 Å². The second-order valence-electron chi connectivity index (χ2n) is 4.42. The SMILES string of the molecule is CCN(NC(=O)c1ccc([N+](=O)[O-])o1)c1ccc(C)cc1. The summed E-state index contributed by atoms with van der Waals surface area (Å²) in [6.07, 6.45) is 0. The molecule has 1 aromatic carbocycles. The highest BCUT2D eigenvalue weighted by Gasteiger charge is 2.18. The molecule has 0 aliphatic rings. The monoisotopic (exact) mass is 289 g/mol. The first-order valence-corrected chi connectivity index (χ1v) is 6.40. The Kier molecular flexibility index (Phi) is 4.22. The van der Waals surface area contributed by atoms with E-state index in [1.54, 1.807) is 5.01 Å². The number of anilines is 1. The molecule has 7 heteroatoms. The normalized spacial score (nSPS) is 10.2. The fourth-order valence-electron chi connectivity index (χ4n) is 1.78. The van der Waals surface area contributed by atoms with Gasteiger partial charge in [0.25, 0.3) is 0 Å².